The fraction of sp³-hybridized carbons (Fsp3) is 1.00. The van der Waals surface area contributed by atoms with E-state index in [2.05, 4.69) is 0 Å². The van der Waals surface area contributed by atoms with Gasteiger partial charge in [0.05, 0.1) is 19.8 Å². The maximum atomic E-state index is 11.3. The van der Waals surface area contributed by atoms with Crippen LogP contribution < -0.4 is 0 Å². The molecular weight excluding hydrogens is 123 g/mol. The predicted octanol–water partition coefficient (Wildman–Crippen LogP) is 1.01. The Morgan fingerprint density at radius 1 is 1.11 bits per heavy atom. The van der Waals surface area contributed by atoms with Gasteiger partial charge in [0, 0.05) is 6.61 Å². The van der Waals surface area contributed by atoms with Crippen molar-refractivity contribution in [1.82, 2.24) is 0 Å². The average molecular weight is 136 g/mol. The highest BCUT2D eigenvalue weighted by Gasteiger charge is 1.85. The predicted molar refractivity (Wildman–Crippen MR) is 33.3 cm³/mol. The zero-order chi connectivity index (χ0) is 6.95. The van der Waals surface area contributed by atoms with E-state index >= 15 is 0 Å². The first kappa shape index (κ1) is 8.85. The minimum atomic E-state index is -0.411. The van der Waals surface area contributed by atoms with Crippen molar-refractivity contribution in [3.63, 3.8) is 0 Å². The van der Waals surface area contributed by atoms with E-state index in [-0.39, 0.29) is 6.61 Å². The summed E-state index contributed by atoms with van der Waals surface area (Å²) < 4.78 is 21.1. The minimum Gasteiger partial charge on any atom is -0.379 e. The molecule has 0 N–H and O–H groups in total. The van der Waals surface area contributed by atoms with Crippen LogP contribution in [0.3, 0.4) is 0 Å². The van der Waals surface area contributed by atoms with Gasteiger partial charge in [0.1, 0.15) is 6.67 Å². The van der Waals surface area contributed by atoms with Crippen molar-refractivity contribution in [2.75, 3.05) is 33.1 Å². The van der Waals surface area contributed by atoms with E-state index in [0.717, 1.165) is 0 Å². The van der Waals surface area contributed by atoms with Crippen molar-refractivity contribution in [3.05, 3.63) is 0 Å². The van der Waals surface area contributed by atoms with Gasteiger partial charge in [-0.1, -0.05) is 0 Å². The molecule has 56 valence electrons. The summed E-state index contributed by atoms with van der Waals surface area (Å²) in [6.45, 7) is 3.45. The van der Waals surface area contributed by atoms with Crippen molar-refractivity contribution in [2.24, 2.45) is 0 Å². The average Bonchev–Trinajstić information content (AvgIpc) is 1.89. The third kappa shape index (κ3) is 7.85. The summed E-state index contributed by atoms with van der Waals surface area (Å²) in [5.41, 5.74) is 0. The van der Waals surface area contributed by atoms with Crippen LogP contribution in [0.2, 0.25) is 0 Å². The van der Waals surface area contributed by atoms with Crippen molar-refractivity contribution in [2.45, 2.75) is 6.92 Å². The number of hydrogen-bond donors (Lipinski definition) is 0. The van der Waals surface area contributed by atoms with Crippen LogP contribution in [0.1, 0.15) is 6.92 Å². The lowest BCUT2D eigenvalue weighted by Gasteiger charge is -2.00. The standard InChI is InChI=1S/C6H13FO2/c1-2-8-5-6-9-4-3-7/h2-6H2,1H3. The molecule has 0 aliphatic rings. The Balaban J connectivity index is 2.60. The van der Waals surface area contributed by atoms with E-state index in [1.54, 1.807) is 0 Å². The van der Waals surface area contributed by atoms with Gasteiger partial charge in [-0.25, -0.2) is 4.39 Å². The zero-order valence-electron chi connectivity index (χ0n) is 5.73. The summed E-state index contributed by atoms with van der Waals surface area (Å²) in [5.74, 6) is 0. The molecule has 0 rings (SSSR count). The quantitative estimate of drug-likeness (QED) is 0.507. The SMILES string of the molecule is CCOCCOCCF. The van der Waals surface area contributed by atoms with Crippen molar-refractivity contribution in [3.8, 4) is 0 Å². The molecule has 0 saturated heterocycles. The van der Waals surface area contributed by atoms with Crippen LogP contribution in [0.5, 0.6) is 0 Å². The fourth-order valence-corrected chi connectivity index (χ4v) is 0.419. The Kier molecular flexibility index (Phi) is 7.72. The first-order valence-corrected chi connectivity index (χ1v) is 3.13. The van der Waals surface area contributed by atoms with Gasteiger partial charge in [-0.05, 0) is 6.92 Å². The molecule has 0 radical (unpaired) electrons. The number of ether oxygens (including phenoxy) is 2. The monoisotopic (exact) mass is 136 g/mol. The second-order valence-electron chi connectivity index (χ2n) is 1.50. The molecule has 0 aromatic rings. The fourth-order valence-electron chi connectivity index (χ4n) is 0.419. The second-order valence-corrected chi connectivity index (χ2v) is 1.50. The molecule has 2 nitrogen and oxygen atoms in total. The van der Waals surface area contributed by atoms with Crippen LogP contribution in [0, 0.1) is 0 Å². The molecule has 3 heteroatoms. The summed E-state index contributed by atoms with van der Waals surface area (Å²) in [6, 6.07) is 0. The molecule has 0 saturated carbocycles. The first-order valence-electron chi connectivity index (χ1n) is 3.13. The zero-order valence-corrected chi connectivity index (χ0v) is 5.73. The van der Waals surface area contributed by atoms with Crippen LogP contribution in [0.15, 0.2) is 0 Å². The molecule has 0 aromatic carbocycles. The van der Waals surface area contributed by atoms with Crippen LogP contribution in [-0.4, -0.2) is 33.1 Å². The molecule has 0 spiro atoms. The van der Waals surface area contributed by atoms with Crippen LogP contribution in [0.4, 0.5) is 4.39 Å². The van der Waals surface area contributed by atoms with Gasteiger partial charge in [-0.3, -0.25) is 0 Å². The van der Waals surface area contributed by atoms with Gasteiger partial charge in [0.25, 0.3) is 0 Å². The van der Waals surface area contributed by atoms with E-state index < -0.39 is 6.67 Å². The summed E-state index contributed by atoms with van der Waals surface area (Å²) >= 11 is 0. The van der Waals surface area contributed by atoms with Gasteiger partial charge in [0.15, 0.2) is 0 Å². The second kappa shape index (κ2) is 7.85. The smallest absolute Gasteiger partial charge is 0.113 e. The van der Waals surface area contributed by atoms with Gasteiger partial charge in [0.2, 0.25) is 0 Å². The molecule has 0 amide bonds. The number of alkyl halides is 1. The molecule has 0 aliphatic carbocycles. The van der Waals surface area contributed by atoms with Crippen LogP contribution >= 0.6 is 0 Å². The van der Waals surface area contributed by atoms with Gasteiger partial charge < -0.3 is 9.47 Å². The number of hydrogen-bond acceptors (Lipinski definition) is 2. The highest BCUT2D eigenvalue weighted by molar-refractivity contribution is 4.28. The minimum absolute atomic E-state index is 0.188. The van der Waals surface area contributed by atoms with E-state index in [1.165, 1.54) is 0 Å². The van der Waals surface area contributed by atoms with Crippen molar-refractivity contribution < 1.29 is 13.9 Å². The maximum absolute atomic E-state index is 11.3. The lowest BCUT2D eigenvalue weighted by molar-refractivity contribution is 0.0475. The number of halogens is 1. The lowest BCUT2D eigenvalue weighted by atomic mass is 10.7. The topological polar surface area (TPSA) is 18.5 Å². The molecule has 0 unspecified atom stereocenters. The Morgan fingerprint density at radius 2 is 1.78 bits per heavy atom. The molecule has 0 aromatic heterocycles. The first-order chi connectivity index (χ1) is 4.41. The van der Waals surface area contributed by atoms with E-state index in [4.69, 9.17) is 9.47 Å². The Morgan fingerprint density at radius 3 is 2.33 bits per heavy atom. The normalized spacial score (nSPS) is 10.0. The van der Waals surface area contributed by atoms with Crippen LogP contribution in [-0.2, 0) is 9.47 Å². The van der Waals surface area contributed by atoms with E-state index in [0.29, 0.717) is 19.8 Å². The maximum Gasteiger partial charge on any atom is 0.113 e. The molecule has 0 fully saturated rings. The van der Waals surface area contributed by atoms with Crippen molar-refractivity contribution >= 4 is 0 Å². The molecule has 0 aliphatic heterocycles. The Labute approximate surface area is 55.0 Å². The van der Waals surface area contributed by atoms with Crippen molar-refractivity contribution in [1.29, 1.82) is 0 Å². The summed E-state index contributed by atoms with van der Waals surface area (Å²) in [6.07, 6.45) is 0. The third-order valence-corrected chi connectivity index (χ3v) is 0.798. The largest absolute Gasteiger partial charge is 0.379 e. The van der Waals surface area contributed by atoms with E-state index in [1.807, 2.05) is 6.92 Å². The Bertz CT molecular complexity index is 44.3. The van der Waals surface area contributed by atoms with Crippen LogP contribution in [0.25, 0.3) is 0 Å². The molecule has 9 heavy (non-hydrogen) atoms. The Hall–Kier alpha value is -0.150. The van der Waals surface area contributed by atoms with Gasteiger partial charge in [-0.2, -0.15) is 0 Å². The highest BCUT2D eigenvalue weighted by atomic mass is 19.1. The highest BCUT2D eigenvalue weighted by Crippen LogP contribution is 1.77. The van der Waals surface area contributed by atoms with E-state index in [9.17, 15) is 4.39 Å². The third-order valence-electron chi connectivity index (χ3n) is 0.798. The lowest BCUT2D eigenvalue weighted by Crippen LogP contribution is -2.05. The molecule has 0 bridgehead atoms. The summed E-state index contributed by atoms with van der Waals surface area (Å²) in [5, 5.41) is 0. The van der Waals surface area contributed by atoms with Gasteiger partial charge in [-0.15, -0.1) is 0 Å². The molecule has 0 heterocycles. The number of rotatable bonds is 6. The molecule has 0 atom stereocenters. The van der Waals surface area contributed by atoms with Gasteiger partial charge >= 0.3 is 0 Å². The molecular formula is C6H13FO2. The summed E-state index contributed by atoms with van der Waals surface area (Å²) in [4.78, 5) is 0. The summed E-state index contributed by atoms with van der Waals surface area (Å²) in [7, 11) is 0.